The maximum absolute atomic E-state index is 5.69. The normalized spacial score (nSPS) is 20.0. The zero-order valence-corrected chi connectivity index (χ0v) is 8.39. The van der Waals surface area contributed by atoms with Crippen molar-refractivity contribution in [2.45, 2.75) is 6.10 Å². The number of hydrogen-bond donors (Lipinski definition) is 1. The van der Waals surface area contributed by atoms with Crippen LogP contribution >= 0.6 is 0 Å². The molecule has 4 nitrogen and oxygen atoms in total. The minimum absolute atomic E-state index is 0. The molecule has 0 radical (unpaired) electrons. The van der Waals surface area contributed by atoms with E-state index in [0.717, 1.165) is 30.7 Å². The topological polar surface area (TPSA) is 81.3 Å². The van der Waals surface area contributed by atoms with E-state index in [0.29, 0.717) is 0 Å². The van der Waals surface area contributed by atoms with Gasteiger partial charge in [-0.2, -0.15) is 0 Å². The third-order valence-electron chi connectivity index (χ3n) is 2.21. The van der Waals surface area contributed by atoms with E-state index >= 15 is 0 Å². The van der Waals surface area contributed by atoms with E-state index in [1.807, 2.05) is 24.3 Å². The van der Waals surface area contributed by atoms with Crippen LogP contribution in [0.15, 0.2) is 24.3 Å². The molecule has 1 heterocycles. The van der Waals surface area contributed by atoms with Gasteiger partial charge in [-0.1, -0.05) is 0 Å². The van der Waals surface area contributed by atoms with Gasteiger partial charge in [0.15, 0.2) is 0 Å². The summed E-state index contributed by atoms with van der Waals surface area (Å²) in [6.07, 6.45) is 0.164. The Bertz CT molecular complexity index is 290. The molecule has 0 spiro atoms. The van der Waals surface area contributed by atoms with Crippen LogP contribution in [-0.4, -0.2) is 38.5 Å². The van der Waals surface area contributed by atoms with Crippen LogP contribution in [0.25, 0.3) is 0 Å². The Kier molecular flexibility index (Phi) is 6.20. The van der Waals surface area contributed by atoms with Gasteiger partial charge in [-0.05, 0) is 0 Å². The smallest absolute Gasteiger partial charge is 0.870 e. The molecular weight excluding hydrogens is 193 g/mol. The summed E-state index contributed by atoms with van der Waals surface area (Å²) >= 11 is 0. The number of rotatable bonds is 1. The standard InChI is InChI=1S/C10H12BNO.2H2O/c11-9-3-1-2-8(6-9)10-7-12-4-5-13-10;;/h1-3,6,10,12H,4-5,7H2;2*1H2/q+2;;/p-2. The molecule has 1 aliphatic heterocycles. The molecule has 1 aromatic carbocycles. The summed E-state index contributed by atoms with van der Waals surface area (Å²) in [6, 6.07) is 7.87. The Balaban J connectivity index is 0.000000980. The predicted octanol–water partition coefficient (Wildman–Crippen LogP) is -0.212. The van der Waals surface area contributed by atoms with Crippen LogP contribution in [0.5, 0.6) is 0 Å². The van der Waals surface area contributed by atoms with Gasteiger partial charge in [-0.25, -0.2) is 0 Å². The maximum atomic E-state index is 5.69. The molecule has 1 fully saturated rings. The van der Waals surface area contributed by atoms with Crippen molar-refractivity contribution in [1.82, 2.24) is 5.32 Å². The molecular formula is C10H14BNO3. The molecule has 3 N–H and O–H groups in total. The summed E-state index contributed by atoms with van der Waals surface area (Å²) in [4.78, 5) is 0. The molecule has 0 amide bonds. The molecule has 1 aromatic rings. The zero-order valence-electron chi connectivity index (χ0n) is 8.39. The zero-order chi connectivity index (χ0) is 9.10. The second-order valence-corrected chi connectivity index (χ2v) is 3.23. The number of morpholine rings is 1. The summed E-state index contributed by atoms with van der Waals surface area (Å²) in [5.41, 5.74) is 1.96. The average Bonchev–Trinajstić information content (AvgIpc) is 2.19. The van der Waals surface area contributed by atoms with Gasteiger partial charge >= 0.3 is 79.0 Å². The molecule has 0 bridgehead atoms. The summed E-state index contributed by atoms with van der Waals surface area (Å²) in [6.45, 7) is 2.60. The first-order chi connectivity index (χ1) is 6.36. The Morgan fingerprint density at radius 1 is 1.33 bits per heavy atom. The Labute approximate surface area is 90.7 Å². The van der Waals surface area contributed by atoms with E-state index in [1.165, 1.54) is 0 Å². The second kappa shape index (κ2) is 6.58. The van der Waals surface area contributed by atoms with Crippen molar-refractivity contribution >= 4 is 13.3 Å². The van der Waals surface area contributed by atoms with Crippen LogP contribution in [-0.2, 0) is 4.74 Å². The van der Waals surface area contributed by atoms with Gasteiger partial charge in [0.25, 0.3) is 0 Å². The number of ether oxygens (including phenoxy) is 1. The van der Waals surface area contributed by atoms with E-state index in [2.05, 4.69) is 5.32 Å². The van der Waals surface area contributed by atoms with Gasteiger partial charge in [0, 0.05) is 0 Å². The fourth-order valence-corrected chi connectivity index (χ4v) is 1.54. The van der Waals surface area contributed by atoms with E-state index < -0.39 is 0 Å². The van der Waals surface area contributed by atoms with Gasteiger partial charge in [0.2, 0.25) is 0 Å². The fourth-order valence-electron chi connectivity index (χ4n) is 1.54. The molecule has 1 aliphatic rings. The number of benzene rings is 1. The van der Waals surface area contributed by atoms with Crippen molar-refractivity contribution in [2.24, 2.45) is 0 Å². The van der Waals surface area contributed by atoms with E-state index in [1.54, 1.807) is 0 Å². The van der Waals surface area contributed by atoms with Crippen LogP contribution in [0, 0.1) is 0 Å². The van der Waals surface area contributed by atoms with Gasteiger partial charge in [-0.15, -0.1) is 0 Å². The molecule has 0 aromatic heterocycles. The first-order valence-electron chi connectivity index (χ1n) is 4.54. The summed E-state index contributed by atoms with van der Waals surface area (Å²) < 4.78 is 5.60. The first-order valence-corrected chi connectivity index (χ1v) is 4.54. The minimum atomic E-state index is 0. The monoisotopic (exact) mass is 207 g/mol. The summed E-state index contributed by atoms with van der Waals surface area (Å²) in [5.74, 6) is 0. The van der Waals surface area contributed by atoms with Gasteiger partial charge in [-0.3, -0.25) is 0 Å². The summed E-state index contributed by atoms with van der Waals surface area (Å²) in [7, 11) is 5.69. The van der Waals surface area contributed by atoms with Gasteiger partial charge < -0.3 is 11.0 Å². The van der Waals surface area contributed by atoms with Crippen LogP contribution in [0.2, 0.25) is 0 Å². The molecule has 15 heavy (non-hydrogen) atoms. The van der Waals surface area contributed by atoms with Crippen LogP contribution in [0.4, 0.5) is 0 Å². The van der Waals surface area contributed by atoms with Gasteiger partial charge in [0.1, 0.15) is 0 Å². The molecule has 80 valence electrons. The molecule has 1 saturated heterocycles. The molecule has 1 unspecified atom stereocenters. The third-order valence-corrected chi connectivity index (χ3v) is 2.21. The van der Waals surface area contributed by atoms with Crippen molar-refractivity contribution in [1.29, 1.82) is 0 Å². The summed E-state index contributed by atoms with van der Waals surface area (Å²) in [5, 5.41) is 3.29. The van der Waals surface area contributed by atoms with Crippen molar-refractivity contribution in [3.63, 3.8) is 0 Å². The Hall–Kier alpha value is -0.875. The largest absolute Gasteiger partial charge is 0.870 e. The number of nitrogens with one attached hydrogen (secondary N) is 1. The van der Waals surface area contributed by atoms with Gasteiger partial charge in [0.05, 0.1) is 0 Å². The third kappa shape index (κ3) is 3.64. The van der Waals surface area contributed by atoms with Crippen molar-refractivity contribution in [3.05, 3.63) is 29.8 Å². The predicted molar refractivity (Wildman–Crippen MR) is 57.3 cm³/mol. The molecule has 0 aliphatic carbocycles. The SMILES string of the molecule is [B+2]c1cccc(C2CNCCO2)c1.[OH-].[OH-]. The molecule has 5 heteroatoms. The minimum Gasteiger partial charge on any atom is -0.870 e. The number of hydrogen-bond acceptors (Lipinski definition) is 4. The van der Waals surface area contributed by atoms with Crippen LogP contribution in [0.3, 0.4) is 0 Å². The quantitative estimate of drug-likeness (QED) is 0.646. The van der Waals surface area contributed by atoms with Crippen molar-refractivity contribution < 1.29 is 15.7 Å². The van der Waals surface area contributed by atoms with Crippen LogP contribution < -0.4 is 10.8 Å². The second-order valence-electron chi connectivity index (χ2n) is 3.23. The maximum Gasteiger partial charge on any atom is -0.870 e. The van der Waals surface area contributed by atoms with E-state index in [9.17, 15) is 0 Å². The van der Waals surface area contributed by atoms with Crippen LogP contribution in [0.1, 0.15) is 11.7 Å². The average molecular weight is 207 g/mol. The first kappa shape index (κ1) is 14.1. The van der Waals surface area contributed by atoms with Crippen molar-refractivity contribution in [2.75, 3.05) is 19.7 Å². The van der Waals surface area contributed by atoms with E-state index in [-0.39, 0.29) is 17.1 Å². The fraction of sp³-hybridized carbons (Fsp3) is 0.400. The molecule has 0 saturated carbocycles. The Morgan fingerprint density at radius 3 is 2.73 bits per heavy atom. The van der Waals surface area contributed by atoms with Crippen molar-refractivity contribution in [3.8, 4) is 0 Å². The van der Waals surface area contributed by atoms with E-state index in [4.69, 9.17) is 12.6 Å². The Morgan fingerprint density at radius 2 is 2.13 bits per heavy atom. The molecule has 1 atom stereocenters. The molecule has 2 rings (SSSR count).